The molecule has 0 aromatic heterocycles. The molecular weight excluding hydrogens is 264 g/mol. The molecule has 0 aliphatic carbocycles. The molecule has 0 fully saturated rings. The topological polar surface area (TPSA) is 80.5 Å². The first-order valence-corrected chi connectivity index (χ1v) is 7.35. The molecule has 0 unspecified atom stereocenters. The minimum atomic E-state index is -3.80. The highest BCUT2D eigenvalue weighted by Gasteiger charge is 2.26. The SMILES string of the molecule is NC(=O)N1CCCc2c1cccc2S(=O)(=O)Cl. The largest absolute Gasteiger partial charge is 0.351 e. The highest BCUT2D eigenvalue weighted by molar-refractivity contribution is 8.13. The van der Waals surface area contributed by atoms with Crippen molar-refractivity contribution in [2.45, 2.75) is 17.7 Å². The van der Waals surface area contributed by atoms with E-state index in [4.69, 9.17) is 16.4 Å². The van der Waals surface area contributed by atoms with E-state index >= 15 is 0 Å². The molecule has 0 spiro atoms. The molecule has 1 aromatic carbocycles. The van der Waals surface area contributed by atoms with Gasteiger partial charge in [-0.3, -0.25) is 4.90 Å². The van der Waals surface area contributed by atoms with Crippen LogP contribution in [0.25, 0.3) is 0 Å². The number of nitrogens with zero attached hydrogens (tertiary/aromatic N) is 1. The van der Waals surface area contributed by atoms with Crippen LogP contribution >= 0.6 is 10.7 Å². The van der Waals surface area contributed by atoms with E-state index in [1.165, 1.54) is 11.0 Å². The third-order valence-corrected chi connectivity index (χ3v) is 4.14. The van der Waals surface area contributed by atoms with Gasteiger partial charge in [0.2, 0.25) is 0 Å². The lowest BCUT2D eigenvalue weighted by Gasteiger charge is -2.28. The highest BCUT2D eigenvalue weighted by atomic mass is 35.7. The Morgan fingerprint density at radius 2 is 2.12 bits per heavy atom. The van der Waals surface area contributed by atoms with Crippen LogP contribution in [0.2, 0.25) is 0 Å². The number of rotatable bonds is 1. The molecule has 1 aliphatic rings. The monoisotopic (exact) mass is 274 g/mol. The molecule has 1 heterocycles. The van der Waals surface area contributed by atoms with E-state index in [2.05, 4.69) is 0 Å². The van der Waals surface area contributed by atoms with Gasteiger partial charge in [-0.25, -0.2) is 13.2 Å². The predicted octanol–water partition coefficient (Wildman–Crippen LogP) is 1.45. The van der Waals surface area contributed by atoms with E-state index in [0.29, 0.717) is 30.6 Å². The molecule has 5 nitrogen and oxygen atoms in total. The molecule has 0 atom stereocenters. The fraction of sp³-hybridized carbons (Fsp3) is 0.300. The molecule has 2 amide bonds. The zero-order valence-corrected chi connectivity index (χ0v) is 10.5. The molecule has 2 N–H and O–H groups in total. The minimum absolute atomic E-state index is 0.0580. The zero-order chi connectivity index (χ0) is 12.6. The van der Waals surface area contributed by atoms with Crippen LogP contribution in [0.4, 0.5) is 10.5 Å². The molecule has 0 saturated carbocycles. The van der Waals surface area contributed by atoms with Crippen LogP contribution in [0, 0.1) is 0 Å². The van der Waals surface area contributed by atoms with Crippen molar-refractivity contribution in [1.82, 2.24) is 0 Å². The summed E-state index contributed by atoms with van der Waals surface area (Å²) >= 11 is 0. The van der Waals surface area contributed by atoms with E-state index in [0.717, 1.165) is 0 Å². The first kappa shape index (κ1) is 12.2. The van der Waals surface area contributed by atoms with Crippen molar-refractivity contribution in [1.29, 1.82) is 0 Å². The number of halogens is 1. The van der Waals surface area contributed by atoms with Gasteiger partial charge >= 0.3 is 6.03 Å². The van der Waals surface area contributed by atoms with Crippen LogP contribution in [0.15, 0.2) is 23.1 Å². The van der Waals surface area contributed by atoms with Crippen LogP contribution in [0.5, 0.6) is 0 Å². The van der Waals surface area contributed by atoms with Crippen LogP contribution in [-0.2, 0) is 15.5 Å². The lowest BCUT2D eigenvalue weighted by molar-refractivity contribution is 0.253. The Morgan fingerprint density at radius 3 is 2.71 bits per heavy atom. The Morgan fingerprint density at radius 1 is 1.41 bits per heavy atom. The fourth-order valence-corrected chi connectivity index (χ4v) is 3.23. The molecule has 92 valence electrons. The van der Waals surface area contributed by atoms with Crippen molar-refractivity contribution in [2.75, 3.05) is 11.4 Å². The van der Waals surface area contributed by atoms with Gasteiger partial charge in [0.25, 0.3) is 9.05 Å². The van der Waals surface area contributed by atoms with Crippen molar-refractivity contribution in [3.8, 4) is 0 Å². The quantitative estimate of drug-likeness (QED) is 0.787. The van der Waals surface area contributed by atoms with Gasteiger partial charge in [-0.15, -0.1) is 0 Å². The van der Waals surface area contributed by atoms with Gasteiger partial charge in [-0.1, -0.05) is 6.07 Å². The summed E-state index contributed by atoms with van der Waals surface area (Å²) in [6.45, 7) is 0.494. The Balaban J connectivity index is 2.63. The number of amides is 2. The van der Waals surface area contributed by atoms with Crippen molar-refractivity contribution in [3.63, 3.8) is 0 Å². The molecule has 7 heteroatoms. The number of fused-ring (bicyclic) bond motifs is 1. The van der Waals surface area contributed by atoms with Crippen molar-refractivity contribution >= 4 is 31.5 Å². The standard InChI is InChI=1S/C10H11ClN2O3S/c11-17(15,16)9-5-1-4-8-7(9)3-2-6-13(8)10(12)14/h1,4-5H,2-3,6H2,(H2,12,14). The number of carbonyl (C=O) groups is 1. The molecular formula is C10H11ClN2O3S. The number of hydrogen-bond acceptors (Lipinski definition) is 3. The van der Waals surface area contributed by atoms with Crippen molar-refractivity contribution < 1.29 is 13.2 Å². The average Bonchev–Trinajstić information content (AvgIpc) is 2.26. The van der Waals surface area contributed by atoms with Crippen molar-refractivity contribution in [3.05, 3.63) is 23.8 Å². The van der Waals surface area contributed by atoms with Crippen molar-refractivity contribution in [2.24, 2.45) is 5.73 Å². The maximum Gasteiger partial charge on any atom is 0.319 e. The van der Waals surface area contributed by atoms with E-state index in [9.17, 15) is 13.2 Å². The van der Waals surface area contributed by atoms with E-state index in [1.807, 2.05) is 0 Å². The summed E-state index contributed by atoms with van der Waals surface area (Å²) in [4.78, 5) is 12.7. The van der Waals surface area contributed by atoms with E-state index in [1.54, 1.807) is 12.1 Å². The number of hydrogen-bond donors (Lipinski definition) is 1. The van der Waals surface area contributed by atoms with E-state index in [-0.39, 0.29) is 4.90 Å². The second-order valence-electron chi connectivity index (χ2n) is 3.79. The second kappa shape index (κ2) is 4.19. The number of anilines is 1. The summed E-state index contributed by atoms with van der Waals surface area (Å²) in [5.41, 5.74) is 6.34. The van der Waals surface area contributed by atoms with Gasteiger partial charge in [-0.05, 0) is 30.5 Å². The summed E-state index contributed by atoms with van der Waals surface area (Å²) in [5.74, 6) is 0. The third kappa shape index (κ3) is 2.23. The van der Waals surface area contributed by atoms with Crippen LogP contribution in [-0.4, -0.2) is 21.0 Å². The number of carbonyl (C=O) groups excluding carboxylic acids is 1. The second-order valence-corrected chi connectivity index (χ2v) is 6.32. The van der Waals surface area contributed by atoms with Gasteiger partial charge in [0, 0.05) is 22.9 Å². The highest BCUT2D eigenvalue weighted by Crippen LogP contribution is 2.33. The van der Waals surface area contributed by atoms with Gasteiger partial charge in [0.1, 0.15) is 0 Å². The maximum absolute atomic E-state index is 11.4. The summed E-state index contributed by atoms with van der Waals surface area (Å²) < 4.78 is 22.8. The van der Waals surface area contributed by atoms with Gasteiger partial charge in [0.05, 0.1) is 4.90 Å². The smallest absolute Gasteiger partial charge is 0.319 e. The molecule has 0 bridgehead atoms. The molecule has 0 radical (unpaired) electrons. The Bertz CT molecular complexity index is 571. The summed E-state index contributed by atoms with van der Waals surface area (Å²) in [7, 11) is 1.56. The fourth-order valence-electron chi connectivity index (χ4n) is 2.05. The summed E-state index contributed by atoms with van der Waals surface area (Å²) in [6.07, 6.45) is 1.24. The number of primary amides is 1. The first-order chi connectivity index (χ1) is 7.91. The normalized spacial score (nSPS) is 15.5. The zero-order valence-electron chi connectivity index (χ0n) is 8.89. The summed E-state index contributed by atoms with van der Waals surface area (Å²) in [5, 5.41) is 0. The number of benzene rings is 1. The first-order valence-electron chi connectivity index (χ1n) is 5.05. The lowest BCUT2D eigenvalue weighted by Crippen LogP contribution is -2.39. The lowest BCUT2D eigenvalue weighted by atomic mass is 10.0. The van der Waals surface area contributed by atoms with Gasteiger partial charge < -0.3 is 5.73 Å². The maximum atomic E-state index is 11.4. The molecule has 2 rings (SSSR count). The Hall–Kier alpha value is -1.27. The average molecular weight is 275 g/mol. The van der Waals surface area contributed by atoms with Gasteiger partial charge in [0.15, 0.2) is 0 Å². The minimum Gasteiger partial charge on any atom is -0.351 e. The Kier molecular flexibility index (Phi) is 3.01. The number of urea groups is 1. The predicted molar refractivity (Wildman–Crippen MR) is 64.7 cm³/mol. The third-order valence-electron chi connectivity index (χ3n) is 2.74. The van der Waals surface area contributed by atoms with Crippen LogP contribution < -0.4 is 10.6 Å². The van der Waals surface area contributed by atoms with Gasteiger partial charge in [-0.2, -0.15) is 0 Å². The number of nitrogens with two attached hydrogens (primary N) is 1. The van der Waals surface area contributed by atoms with E-state index < -0.39 is 15.1 Å². The molecule has 17 heavy (non-hydrogen) atoms. The molecule has 1 aromatic rings. The molecule has 0 saturated heterocycles. The molecule has 1 aliphatic heterocycles. The Labute approximate surface area is 104 Å². The van der Waals surface area contributed by atoms with Crippen LogP contribution in [0.3, 0.4) is 0 Å². The van der Waals surface area contributed by atoms with Crippen LogP contribution in [0.1, 0.15) is 12.0 Å². The summed E-state index contributed by atoms with van der Waals surface area (Å²) in [6, 6.07) is 4.07.